The van der Waals surface area contributed by atoms with Gasteiger partial charge in [-0.25, -0.2) is 0 Å². The van der Waals surface area contributed by atoms with Gasteiger partial charge in [0.15, 0.2) is 0 Å². The molecule has 1 aromatic heterocycles. The fourth-order valence-electron chi connectivity index (χ4n) is 3.19. The summed E-state index contributed by atoms with van der Waals surface area (Å²) in [6.07, 6.45) is 0. The van der Waals surface area contributed by atoms with Crippen molar-refractivity contribution in [2.24, 2.45) is 0 Å². The lowest BCUT2D eigenvalue weighted by molar-refractivity contribution is 0.0734. The molecule has 0 bridgehead atoms. The minimum absolute atomic E-state index is 0.0223. The molecule has 142 valence electrons. The third-order valence-electron chi connectivity index (χ3n) is 4.61. The number of para-hydroxylation sites is 1. The van der Waals surface area contributed by atoms with Crippen molar-refractivity contribution in [1.29, 1.82) is 5.26 Å². The Balaban J connectivity index is 1.98. The zero-order chi connectivity index (χ0) is 20.1. The van der Waals surface area contributed by atoms with Crippen LogP contribution in [-0.2, 0) is 6.54 Å². The van der Waals surface area contributed by atoms with Crippen LogP contribution in [0.25, 0.3) is 10.9 Å². The van der Waals surface area contributed by atoms with Gasteiger partial charge in [-0.2, -0.15) is 5.26 Å². The standard InChI is InChI=1S/C23H24N4O/c1-17-13-21(20-9-4-5-10-22(20)25-17)23(28)27(12-11-26(2)3)16-19-8-6-7-18(14-19)15-24/h4-10,13-14H,11-12,16H2,1-3H3. The maximum absolute atomic E-state index is 13.5. The fraction of sp³-hybridized carbons (Fsp3) is 0.261. The lowest BCUT2D eigenvalue weighted by Gasteiger charge is -2.25. The quantitative estimate of drug-likeness (QED) is 0.663. The van der Waals surface area contributed by atoms with Crippen molar-refractivity contribution >= 4 is 16.8 Å². The molecular weight excluding hydrogens is 348 g/mol. The Morgan fingerprint density at radius 1 is 1.07 bits per heavy atom. The molecule has 2 aromatic carbocycles. The Morgan fingerprint density at radius 3 is 2.61 bits per heavy atom. The molecular formula is C23H24N4O. The molecule has 5 nitrogen and oxygen atoms in total. The van der Waals surface area contributed by atoms with E-state index in [-0.39, 0.29) is 5.91 Å². The topological polar surface area (TPSA) is 60.2 Å². The first-order valence-electron chi connectivity index (χ1n) is 9.27. The fourth-order valence-corrected chi connectivity index (χ4v) is 3.19. The summed E-state index contributed by atoms with van der Waals surface area (Å²) in [4.78, 5) is 21.9. The Bertz CT molecular complexity index is 1040. The van der Waals surface area contributed by atoms with Crippen LogP contribution in [0.4, 0.5) is 0 Å². The minimum atomic E-state index is -0.0223. The maximum Gasteiger partial charge on any atom is 0.254 e. The molecule has 0 unspecified atom stereocenters. The number of amides is 1. The minimum Gasteiger partial charge on any atom is -0.333 e. The van der Waals surface area contributed by atoms with Gasteiger partial charge in [0, 0.05) is 30.7 Å². The molecule has 0 spiro atoms. The Hall–Kier alpha value is -3.23. The van der Waals surface area contributed by atoms with E-state index in [1.54, 1.807) is 6.07 Å². The molecule has 3 aromatic rings. The van der Waals surface area contributed by atoms with Crippen molar-refractivity contribution in [2.75, 3.05) is 27.2 Å². The molecule has 0 atom stereocenters. The molecule has 0 aliphatic carbocycles. The maximum atomic E-state index is 13.5. The van der Waals surface area contributed by atoms with Crippen LogP contribution >= 0.6 is 0 Å². The van der Waals surface area contributed by atoms with Gasteiger partial charge in [0.2, 0.25) is 0 Å². The van der Waals surface area contributed by atoms with E-state index in [9.17, 15) is 4.79 Å². The van der Waals surface area contributed by atoms with Gasteiger partial charge in [-0.3, -0.25) is 9.78 Å². The number of nitriles is 1. The van der Waals surface area contributed by atoms with Gasteiger partial charge in [0.25, 0.3) is 5.91 Å². The highest BCUT2D eigenvalue weighted by molar-refractivity contribution is 6.06. The number of likely N-dealkylation sites (N-methyl/N-ethyl adjacent to an activating group) is 1. The van der Waals surface area contributed by atoms with Crippen LogP contribution in [0.15, 0.2) is 54.6 Å². The van der Waals surface area contributed by atoms with Crippen LogP contribution in [0.5, 0.6) is 0 Å². The summed E-state index contributed by atoms with van der Waals surface area (Å²) in [5.74, 6) is -0.0223. The van der Waals surface area contributed by atoms with Crippen LogP contribution in [0.1, 0.15) is 27.2 Å². The van der Waals surface area contributed by atoms with Crippen LogP contribution < -0.4 is 0 Å². The highest BCUT2D eigenvalue weighted by atomic mass is 16.2. The number of fused-ring (bicyclic) bond motifs is 1. The van der Waals surface area contributed by atoms with Crippen molar-refractivity contribution < 1.29 is 4.79 Å². The van der Waals surface area contributed by atoms with Crippen molar-refractivity contribution in [1.82, 2.24) is 14.8 Å². The molecule has 0 radical (unpaired) electrons. The first kappa shape index (κ1) is 19.5. The zero-order valence-corrected chi connectivity index (χ0v) is 16.5. The summed E-state index contributed by atoms with van der Waals surface area (Å²) in [5.41, 5.74) is 3.85. The first-order valence-corrected chi connectivity index (χ1v) is 9.27. The van der Waals surface area contributed by atoms with Gasteiger partial charge in [0.1, 0.15) is 0 Å². The molecule has 5 heteroatoms. The summed E-state index contributed by atoms with van der Waals surface area (Å²) in [6.45, 7) is 3.71. The summed E-state index contributed by atoms with van der Waals surface area (Å²) >= 11 is 0. The largest absolute Gasteiger partial charge is 0.333 e. The second-order valence-corrected chi connectivity index (χ2v) is 7.17. The lowest BCUT2D eigenvalue weighted by atomic mass is 10.1. The smallest absolute Gasteiger partial charge is 0.254 e. The molecule has 0 aliphatic rings. The molecule has 1 heterocycles. The molecule has 28 heavy (non-hydrogen) atoms. The predicted octanol–water partition coefficient (Wildman–Crippen LogP) is 3.62. The van der Waals surface area contributed by atoms with Gasteiger partial charge in [-0.05, 0) is 50.8 Å². The number of nitrogens with zero attached hydrogens (tertiary/aromatic N) is 4. The summed E-state index contributed by atoms with van der Waals surface area (Å²) in [6, 6.07) is 19.2. The second kappa shape index (κ2) is 8.64. The SMILES string of the molecule is Cc1cc(C(=O)N(CCN(C)C)Cc2cccc(C#N)c2)c2ccccc2n1. The van der Waals surface area contributed by atoms with Gasteiger partial charge in [-0.1, -0.05) is 30.3 Å². The zero-order valence-electron chi connectivity index (χ0n) is 16.5. The average molecular weight is 372 g/mol. The number of benzene rings is 2. The van der Waals surface area contributed by atoms with E-state index in [1.165, 1.54) is 0 Å². The van der Waals surface area contributed by atoms with Crippen molar-refractivity contribution in [3.05, 3.63) is 77.0 Å². The molecule has 0 saturated heterocycles. The molecule has 0 aliphatic heterocycles. The molecule has 3 rings (SSSR count). The van der Waals surface area contributed by atoms with Crippen LogP contribution in [0, 0.1) is 18.3 Å². The van der Waals surface area contributed by atoms with Gasteiger partial charge in [-0.15, -0.1) is 0 Å². The number of aryl methyl sites for hydroxylation is 1. The monoisotopic (exact) mass is 372 g/mol. The van der Waals surface area contributed by atoms with E-state index in [4.69, 9.17) is 5.26 Å². The van der Waals surface area contributed by atoms with Gasteiger partial charge in [0.05, 0.1) is 22.7 Å². The predicted molar refractivity (Wildman–Crippen MR) is 111 cm³/mol. The van der Waals surface area contributed by atoms with E-state index in [0.29, 0.717) is 24.2 Å². The van der Waals surface area contributed by atoms with E-state index >= 15 is 0 Å². The van der Waals surface area contributed by atoms with Crippen LogP contribution in [-0.4, -0.2) is 47.9 Å². The van der Waals surface area contributed by atoms with E-state index in [2.05, 4.69) is 16.0 Å². The number of hydrogen-bond donors (Lipinski definition) is 0. The number of carbonyl (C=O) groups excluding carboxylic acids is 1. The van der Waals surface area contributed by atoms with E-state index in [1.807, 2.05) is 74.4 Å². The highest BCUT2D eigenvalue weighted by Gasteiger charge is 2.19. The number of hydrogen-bond acceptors (Lipinski definition) is 4. The molecule has 0 saturated carbocycles. The van der Waals surface area contributed by atoms with Gasteiger partial charge < -0.3 is 9.80 Å². The van der Waals surface area contributed by atoms with Gasteiger partial charge >= 0.3 is 0 Å². The highest BCUT2D eigenvalue weighted by Crippen LogP contribution is 2.21. The summed E-state index contributed by atoms with van der Waals surface area (Å²) < 4.78 is 0. The third kappa shape index (κ3) is 4.54. The summed E-state index contributed by atoms with van der Waals surface area (Å²) in [5, 5.41) is 10.0. The van der Waals surface area contributed by atoms with Crippen LogP contribution in [0.2, 0.25) is 0 Å². The van der Waals surface area contributed by atoms with Crippen LogP contribution in [0.3, 0.4) is 0 Å². The number of pyridine rings is 1. The first-order chi connectivity index (χ1) is 13.5. The molecule has 0 fully saturated rings. The average Bonchev–Trinajstić information content (AvgIpc) is 2.70. The van der Waals surface area contributed by atoms with Crippen molar-refractivity contribution in [3.63, 3.8) is 0 Å². The number of rotatable bonds is 6. The Kier molecular flexibility index (Phi) is 6.03. The Morgan fingerprint density at radius 2 is 1.86 bits per heavy atom. The molecule has 1 amide bonds. The lowest BCUT2D eigenvalue weighted by Crippen LogP contribution is -2.36. The number of aromatic nitrogens is 1. The molecule has 0 N–H and O–H groups in total. The van der Waals surface area contributed by atoms with E-state index in [0.717, 1.165) is 28.7 Å². The normalized spacial score (nSPS) is 10.8. The van der Waals surface area contributed by atoms with Crippen molar-refractivity contribution in [3.8, 4) is 6.07 Å². The third-order valence-corrected chi connectivity index (χ3v) is 4.61. The Labute approximate surface area is 165 Å². The van der Waals surface area contributed by atoms with E-state index < -0.39 is 0 Å². The second-order valence-electron chi connectivity index (χ2n) is 7.17. The van der Waals surface area contributed by atoms with Crippen molar-refractivity contribution in [2.45, 2.75) is 13.5 Å². The number of carbonyl (C=O) groups is 1. The summed E-state index contributed by atoms with van der Waals surface area (Å²) in [7, 11) is 3.98.